The predicted molar refractivity (Wildman–Crippen MR) is 122 cm³/mol. The highest BCUT2D eigenvalue weighted by Crippen LogP contribution is 2.45. The van der Waals surface area contributed by atoms with E-state index in [0.717, 1.165) is 6.42 Å². The third-order valence-electron chi connectivity index (χ3n) is 5.18. The fourth-order valence-corrected chi connectivity index (χ4v) is 3.74. The first-order valence-electron chi connectivity index (χ1n) is 10.4. The molecule has 0 aliphatic carbocycles. The molecule has 0 fully saturated rings. The molecule has 1 heterocycles. The third-order valence-corrected chi connectivity index (χ3v) is 5.18. The summed E-state index contributed by atoms with van der Waals surface area (Å²) in [6.07, 6.45) is 0.756. The number of para-hydroxylation sites is 2. The maximum Gasteiger partial charge on any atom is 0.355 e. The van der Waals surface area contributed by atoms with Crippen LogP contribution in [0.25, 0.3) is 0 Å². The molecule has 2 N–H and O–H groups in total. The largest absolute Gasteiger partial charge is 0.491 e. The van der Waals surface area contributed by atoms with E-state index in [0.29, 0.717) is 23.6 Å². The second-order valence-corrected chi connectivity index (χ2v) is 7.15. The summed E-state index contributed by atoms with van der Waals surface area (Å²) >= 11 is 0. The number of carbonyl (C=O) groups excluding carboxylic acids is 2. The average molecular weight is 447 g/mol. The van der Waals surface area contributed by atoms with Crippen LogP contribution in [0.3, 0.4) is 0 Å². The number of nitrogens with two attached hydrogens (primary N) is 1. The van der Waals surface area contributed by atoms with E-state index in [2.05, 4.69) is 6.07 Å². The van der Waals surface area contributed by atoms with E-state index in [9.17, 15) is 14.9 Å². The van der Waals surface area contributed by atoms with Gasteiger partial charge in [-0.3, -0.25) is 4.90 Å². The van der Waals surface area contributed by atoms with Gasteiger partial charge in [-0.05, 0) is 24.1 Å². The van der Waals surface area contributed by atoms with Gasteiger partial charge >= 0.3 is 11.9 Å². The summed E-state index contributed by atoms with van der Waals surface area (Å²) in [6.45, 7) is 2.39. The average Bonchev–Trinajstić information content (AvgIpc) is 2.86. The molecule has 0 radical (unpaired) electrons. The number of ether oxygens (including phenoxy) is 3. The lowest BCUT2D eigenvalue weighted by atomic mass is 9.81. The molecule has 1 unspecified atom stereocenters. The van der Waals surface area contributed by atoms with Crippen LogP contribution in [0.4, 0.5) is 5.69 Å². The van der Waals surface area contributed by atoms with Crippen LogP contribution < -0.4 is 15.4 Å². The van der Waals surface area contributed by atoms with Crippen molar-refractivity contribution in [1.29, 1.82) is 5.26 Å². The quantitative estimate of drug-likeness (QED) is 0.643. The number of benzene rings is 2. The van der Waals surface area contributed by atoms with E-state index in [-0.39, 0.29) is 22.7 Å². The van der Waals surface area contributed by atoms with E-state index in [1.807, 2.05) is 13.0 Å². The molecule has 3 rings (SSSR count). The molecule has 2 aromatic carbocycles. The van der Waals surface area contributed by atoms with Crippen molar-refractivity contribution >= 4 is 17.6 Å². The fourth-order valence-electron chi connectivity index (χ4n) is 3.74. The minimum atomic E-state index is -0.919. The van der Waals surface area contributed by atoms with E-state index >= 15 is 0 Å². The van der Waals surface area contributed by atoms with Crippen molar-refractivity contribution < 1.29 is 23.8 Å². The number of nitriles is 1. The topological polar surface area (TPSA) is 115 Å². The highest BCUT2D eigenvalue weighted by atomic mass is 16.5. The molecular weight excluding hydrogens is 422 g/mol. The minimum Gasteiger partial charge on any atom is -0.491 e. The molecule has 170 valence electrons. The van der Waals surface area contributed by atoms with Crippen molar-refractivity contribution in [3.8, 4) is 11.8 Å². The van der Waals surface area contributed by atoms with Crippen LogP contribution in [-0.4, -0.2) is 32.8 Å². The number of hydrogen-bond donors (Lipinski definition) is 1. The van der Waals surface area contributed by atoms with Crippen LogP contribution in [0.1, 0.15) is 24.8 Å². The van der Waals surface area contributed by atoms with Gasteiger partial charge < -0.3 is 19.9 Å². The van der Waals surface area contributed by atoms with Gasteiger partial charge in [0, 0.05) is 0 Å². The van der Waals surface area contributed by atoms with Crippen LogP contribution in [0.5, 0.6) is 5.75 Å². The standard InChI is InChI=1S/C25H25N3O5/c1-4-14-33-19-13-9-8-12-18(19)28-22(25(30)32-3)21(24(29)31-2)20(17(15-26)23(28)27)16-10-6-5-7-11-16/h5-13,20H,4,14,27H2,1-3H3. The van der Waals surface area contributed by atoms with Gasteiger partial charge in [0.2, 0.25) is 0 Å². The molecule has 0 saturated heterocycles. The van der Waals surface area contributed by atoms with Crippen molar-refractivity contribution in [1.82, 2.24) is 0 Å². The van der Waals surface area contributed by atoms with Crippen molar-refractivity contribution in [2.24, 2.45) is 5.73 Å². The molecule has 0 amide bonds. The number of hydrogen-bond acceptors (Lipinski definition) is 8. The molecule has 8 heteroatoms. The number of nitrogens with zero attached hydrogens (tertiary/aromatic N) is 2. The van der Waals surface area contributed by atoms with Crippen LogP contribution in [0, 0.1) is 11.3 Å². The molecule has 0 saturated carbocycles. The van der Waals surface area contributed by atoms with Gasteiger partial charge in [0.15, 0.2) is 0 Å². The van der Waals surface area contributed by atoms with E-state index in [1.165, 1.54) is 19.1 Å². The summed E-state index contributed by atoms with van der Waals surface area (Å²) in [5, 5.41) is 10.1. The predicted octanol–water partition coefficient (Wildman–Crippen LogP) is 3.37. The zero-order valence-corrected chi connectivity index (χ0v) is 18.7. The van der Waals surface area contributed by atoms with Gasteiger partial charge in [-0.2, -0.15) is 5.26 Å². The first-order chi connectivity index (χ1) is 16.0. The highest BCUT2D eigenvalue weighted by molar-refractivity contribution is 6.06. The number of esters is 2. The van der Waals surface area contributed by atoms with Gasteiger partial charge in [0.05, 0.1) is 49.6 Å². The Morgan fingerprint density at radius 3 is 2.27 bits per heavy atom. The zero-order valence-electron chi connectivity index (χ0n) is 18.7. The summed E-state index contributed by atoms with van der Waals surface area (Å²) in [5.41, 5.74) is 7.42. The molecule has 8 nitrogen and oxygen atoms in total. The SMILES string of the molecule is CCCOc1ccccc1N1C(N)=C(C#N)C(c2ccccc2)C(C(=O)OC)=C1C(=O)OC. The molecule has 1 aliphatic heterocycles. The lowest BCUT2D eigenvalue weighted by molar-refractivity contribution is -0.139. The van der Waals surface area contributed by atoms with Crippen molar-refractivity contribution in [3.63, 3.8) is 0 Å². The number of rotatable bonds is 7. The van der Waals surface area contributed by atoms with Gasteiger partial charge in [-0.1, -0.05) is 49.4 Å². The first-order valence-corrected chi connectivity index (χ1v) is 10.4. The highest BCUT2D eigenvalue weighted by Gasteiger charge is 2.43. The molecule has 0 bridgehead atoms. The Labute approximate surface area is 192 Å². The fraction of sp³-hybridized carbons (Fsp3) is 0.240. The second-order valence-electron chi connectivity index (χ2n) is 7.15. The number of methoxy groups -OCH3 is 2. The van der Waals surface area contributed by atoms with Crippen LogP contribution in [0.15, 0.2) is 77.3 Å². The molecular formula is C25H25N3O5. The summed E-state index contributed by atoms with van der Waals surface area (Å²) in [6, 6.07) is 17.9. The maximum atomic E-state index is 13.1. The summed E-state index contributed by atoms with van der Waals surface area (Å²) < 4.78 is 15.9. The van der Waals surface area contributed by atoms with E-state index in [4.69, 9.17) is 19.9 Å². The Morgan fingerprint density at radius 1 is 1.03 bits per heavy atom. The summed E-state index contributed by atoms with van der Waals surface area (Å²) in [4.78, 5) is 27.5. The van der Waals surface area contributed by atoms with E-state index < -0.39 is 17.9 Å². The van der Waals surface area contributed by atoms with Crippen LogP contribution in [0.2, 0.25) is 0 Å². The monoisotopic (exact) mass is 447 g/mol. The first kappa shape index (κ1) is 23.4. The number of carbonyl (C=O) groups is 2. The molecule has 0 spiro atoms. The summed E-state index contributed by atoms with van der Waals surface area (Å²) in [7, 11) is 2.42. The Hall–Kier alpha value is -4.25. The molecule has 33 heavy (non-hydrogen) atoms. The molecule has 2 aromatic rings. The van der Waals surface area contributed by atoms with Gasteiger partial charge in [-0.15, -0.1) is 0 Å². The van der Waals surface area contributed by atoms with Crippen molar-refractivity contribution in [3.05, 3.63) is 82.8 Å². The van der Waals surface area contributed by atoms with Crippen molar-refractivity contribution in [2.75, 3.05) is 25.7 Å². The van der Waals surface area contributed by atoms with Crippen molar-refractivity contribution in [2.45, 2.75) is 19.3 Å². The Morgan fingerprint density at radius 2 is 1.67 bits per heavy atom. The number of anilines is 1. The Balaban J connectivity index is 2.39. The number of allylic oxidation sites excluding steroid dienone is 1. The third kappa shape index (κ3) is 4.39. The maximum absolute atomic E-state index is 13.1. The smallest absolute Gasteiger partial charge is 0.355 e. The van der Waals surface area contributed by atoms with Gasteiger partial charge in [-0.25, -0.2) is 9.59 Å². The Bertz CT molecular complexity index is 1150. The Kier molecular flexibility index (Phi) is 7.36. The zero-order chi connectivity index (χ0) is 24.0. The molecule has 1 aliphatic rings. The summed E-state index contributed by atoms with van der Waals surface area (Å²) in [5.74, 6) is -2.07. The van der Waals surface area contributed by atoms with Gasteiger partial charge in [0.25, 0.3) is 0 Å². The van der Waals surface area contributed by atoms with E-state index in [1.54, 1.807) is 48.5 Å². The normalized spacial score (nSPS) is 15.7. The lowest BCUT2D eigenvalue weighted by Gasteiger charge is -2.36. The molecule has 0 aromatic heterocycles. The van der Waals surface area contributed by atoms with Crippen LogP contribution in [-0.2, 0) is 19.1 Å². The lowest BCUT2D eigenvalue weighted by Crippen LogP contribution is -2.41. The second kappa shape index (κ2) is 10.4. The minimum absolute atomic E-state index is 0.00745. The molecule has 1 atom stereocenters. The van der Waals surface area contributed by atoms with Crippen LogP contribution >= 0.6 is 0 Å². The van der Waals surface area contributed by atoms with Gasteiger partial charge in [0.1, 0.15) is 17.3 Å².